The van der Waals surface area contributed by atoms with Crippen LogP contribution in [0.4, 0.5) is 5.69 Å². The molecule has 0 saturated heterocycles. The van der Waals surface area contributed by atoms with E-state index in [-0.39, 0.29) is 24.3 Å². The second-order valence-electron chi connectivity index (χ2n) is 8.68. The second-order valence-corrected chi connectivity index (χ2v) is 10.3. The Hall–Kier alpha value is -3.82. The summed E-state index contributed by atoms with van der Waals surface area (Å²) < 4.78 is 10.6. The third kappa shape index (κ3) is 5.54. The first kappa shape index (κ1) is 25.8. The van der Waals surface area contributed by atoms with Gasteiger partial charge in [-0.25, -0.2) is 5.01 Å². The predicted octanol–water partition coefficient (Wildman–Crippen LogP) is 5.54. The number of thioether (sulfide) groups is 1. The lowest BCUT2D eigenvalue weighted by Crippen LogP contribution is -2.25. The third-order valence-electron chi connectivity index (χ3n) is 6.28. The number of amides is 2. The number of carbonyl (C=O) groups excluding carboxylic acids is 2. The Morgan fingerprint density at radius 1 is 1.03 bits per heavy atom. The number of nitrogens with one attached hydrogen (secondary N) is 1. The van der Waals surface area contributed by atoms with Crippen molar-refractivity contribution in [3.63, 3.8) is 0 Å². The van der Waals surface area contributed by atoms with Crippen LogP contribution < -0.4 is 14.8 Å². The zero-order valence-electron chi connectivity index (χ0n) is 20.8. The van der Waals surface area contributed by atoms with Gasteiger partial charge in [0.2, 0.25) is 5.91 Å². The third-order valence-corrected chi connectivity index (χ3v) is 7.75. The van der Waals surface area contributed by atoms with E-state index in [0.29, 0.717) is 22.3 Å². The van der Waals surface area contributed by atoms with Crippen molar-refractivity contribution >= 4 is 51.7 Å². The summed E-state index contributed by atoms with van der Waals surface area (Å²) in [6, 6.07) is 22.3. The molecule has 38 heavy (non-hydrogen) atoms. The van der Waals surface area contributed by atoms with E-state index in [0.717, 1.165) is 28.3 Å². The number of amidine groups is 1. The summed E-state index contributed by atoms with van der Waals surface area (Å²) in [5, 5.41) is 9.69. The van der Waals surface area contributed by atoms with E-state index in [1.165, 1.54) is 11.8 Å². The maximum atomic E-state index is 12.8. The summed E-state index contributed by atoms with van der Waals surface area (Å²) in [6.07, 6.45) is 0.585. The van der Waals surface area contributed by atoms with Gasteiger partial charge in [0.25, 0.3) is 5.91 Å². The fraction of sp³-hybridized carbons (Fsp3) is 0.214. The van der Waals surface area contributed by atoms with E-state index in [4.69, 9.17) is 26.2 Å². The van der Waals surface area contributed by atoms with Crippen LogP contribution in [0.3, 0.4) is 0 Å². The molecule has 2 heterocycles. The van der Waals surface area contributed by atoms with Crippen LogP contribution in [-0.2, 0) is 9.59 Å². The summed E-state index contributed by atoms with van der Waals surface area (Å²) in [6.45, 7) is 0. The monoisotopic (exact) mass is 548 g/mol. The molecule has 2 amide bonds. The van der Waals surface area contributed by atoms with Gasteiger partial charge in [0.15, 0.2) is 5.17 Å². The van der Waals surface area contributed by atoms with Crippen LogP contribution in [0.1, 0.15) is 30.0 Å². The normalized spacial score (nSPS) is 18.7. The van der Waals surface area contributed by atoms with E-state index >= 15 is 0 Å². The number of hydrogen-bond acceptors (Lipinski definition) is 7. The molecule has 0 aliphatic carbocycles. The number of hydrazone groups is 1. The van der Waals surface area contributed by atoms with Crippen molar-refractivity contribution in [3.05, 3.63) is 88.9 Å². The van der Waals surface area contributed by atoms with Crippen molar-refractivity contribution in [3.8, 4) is 11.5 Å². The summed E-state index contributed by atoms with van der Waals surface area (Å²) in [4.78, 5) is 29.8. The average molecular weight is 549 g/mol. The van der Waals surface area contributed by atoms with Crippen LogP contribution in [0.5, 0.6) is 11.5 Å². The second kappa shape index (κ2) is 11.3. The first-order chi connectivity index (χ1) is 18.4. The minimum atomic E-state index is -0.649. The van der Waals surface area contributed by atoms with Crippen molar-refractivity contribution in [2.45, 2.75) is 24.1 Å². The van der Waals surface area contributed by atoms with Gasteiger partial charge in [0, 0.05) is 12.8 Å². The number of benzene rings is 3. The molecule has 0 radical (unpaired) electrons. The SMILES string of the molecule is COc1ccc(C2=NN(C3=NC(=O)C(CC(=O)Nc4ccccc4Cl)S3)C(c3ccc(OC)cc3)C2)cc1. The Bertz CT molecular complexity index is 1410. The molecule has 2 atom stereocenters. The van der Waals surface area contributed by atoms with Crippen LogP contribution in [0.25, 0.3) is 0 Å². The smallest absolute Gasteiger partial charge is 0.262 e. The van der Waals surface area contributed by atoms with Crippen LogP contribution >= 0.6 is 23.4 Å². The highest BCUT2D eigenvalue weighted by atomic mass is 35.5. The number of methoxy groups -OCH3 is 2. The highest BCUT2D eigenvalue weighted by molar-refractivity contribution is 8.15. The Morgan fingerprint density at radius 2 is 1.68 bits per heavy atom. The number of halogens is 1. The van der Waals surface area contributed by atoms with Gasteiger partial charge in [0.05, 0.1) is 36.7 Å². The van der Waals surface area contributed by atoms with Gasteiger partial charge in [-0.05, 0) is 59.7 Å². The lowest BCUT2D eigenvalue weighted by atomic mass is 9.98. The first-order valence-electron chi connectivity index (χ1n) is 11.9. The Kier molecular flexibility index (Phi) is 7.67. The fourth-order valence-corrected chi connectivity index (χ4v) is 5.51. The minimum Gasteiger partial charge on any atom is -0.497 e. The molecule has 0 saturated carbocycles. The summed E-state index contributed by atoms with van der Waals surface area (Å²) in [5.74, 6) is 0.842. The molecular formula is C28H25ClN4O4S. The molecule has 2 unspecified atom stereocenters. The number of rotatable bonds is 7. The van der Waals surface area contributed by atoms with Crippen LogP contribution in [0.15, 0.2) is 82.9 Å². The van der Waals surface area contributed by atoms with Gasteiger partial charge in [-0.1, -0.05) is 47.6 Å². The summed E-state index contributed by atoms with van der Waals surface area (Å²) in [5.41, 5.74) is 3.33. The molecule has 3 aromatic carbocycles. The molecule has 3 aromatic rings. The molecule has 0 bridgehead atoms. The van der Waals surface area contributed by atoms with Gasteiger partial charge in [-0.2, -0.15) is 10.1 Å². The minimum absolute atomic E-state index is 0.0299. The first-order valence-corrected chi connectivity index (χ1v) is 13.2. The molecule has 0 aromatic heterocycles. The molecule has 10 heteroatoms. The Labute approximate surface area is 229 Å². The molecule has 2 aliphatic rings. The average Bonchev–Trinajstić information content (AvgIpc) is 3.54. The number of aliphatic imine (C=N–C) groups is 1. The standard InChI is InChI=1S/C28H25ClN4O4S/c1-36-19-11-7-17(8-12-19)23-15-24(18-9-13-20(37-2)14-10-18)33(32-23)28-31-27(35)25(38-28)16-26(34)30-22-6-4-3-5-21(22)29/h3-14,24-25H,15-16H2,1-2H3,(H,30,34). The largest absolute Gasteiger partial charge is 0.497 e. The van der Waals surface area contributed by atoms with Crippen molar-refractivity contribution in [1.82, 2.24) is 5.01 Å². The number of carbonyl (C=O) groups is 2. The lowest BCUT2D eigenvalue weighted by Gasteiger charge is -2.23. The van der Waals surface area contributed by atoms with E-state index in [1.54, 1.807) is 43.5 Å². The van der Waals surface area contributed by atoms with Gasteiger partial charge in [-0.3, -0.25) is 9.59 Å². The summed E-state index contributed by atoms with van der Waals surface area (Å²) >= 11 is 7.40. The summed E-state index contributed by atoms with van der Waals surface area (Å²) in [7, 11) is 3.25. The van der Waals surface area contributed by atoms with Crippen LogP contribution in [-0.4, -0.2) is 47.2 Å². The molecule has 194 valence electrons. The lowest BCUT2D eigenvalue weighted by molar-refractivity contribution is -0.121. The number of anilines is 1. The topological polar surface area (TPSA) is 92.6 Å². The highest BCUT2D eigenvalue weighted by Gasteiger charge is 2.39. The number of para-hydroxylation sites is 1. The zero-order valence-corrected chi connectivity index (χ0v) is 22.3. The van der Waals surface area contributed by atoms with E-state index in [9.17, 15) is 9.59 Å². The molecule has 5 rings (SSSR count). The zero-order chi connectivity index (χ0) is 26.6. The van der Waals surface area contributed by atoms with Gasteiger partial charge in [-0.15, -0.1) is 0 Å². The van der Waals surface area contributed by atoms with Crippen LogP contribution in [0.2, 0.25) is 5.02 Å². The maximum Gasteiger partial charge on any atom is 0.262 e. The van der Waals surface area contributed by atoms with Crippen molar-refractivity contribution in [2.24, 2.45) is 10.1 Å². The van der Waals surface area contributed by atoms with Crippen molar-refractivity contribution in [1.29, 1.82) is 0 Å². The van der Waals surface area contributed by atoms with Crippen molar-refractivity contribution in [2.75, 3.05) is 19.5 Å². The number of ether oxygens (including phenoxy) is 2. The Morgan fingerprint density at radius 3 is 2.34 bits per heavy atom. The molecule has 1 N–H and O–H groups in total. The molecule has 8 nitrogen and oxygen atoms in total. The number of hydrogen-bond donors (Lipinski definition) is 1. The van der Waals surface area contributed by atoms with Gasteiger partial charge >= 0.3 is 0 Å². The van der Waals surface area contributed by atoms with E-state index in [1.807, 2.05) is 48.5 Å². The van der Waals surface area contributed by atoms with E-state index in [2.05, 4.69) is 10.3 Å². The highest BCUT2D eigenvalue weighted by Crippen LogP contribution is 2.39. The molecule has 0 spiro atoms. The maximum absolute atomic E-state index is 12.8. The quantitative estimate of drug-likeness (QED) is 0.417. The van der Waals surface area contributed by atoms with Gasteiger partial charge in [0.1, 0.15) is 16.7 Å². The van der Waals surface area contributed by atoms with E-state index < -0.39 is 5.25 Å². The predicted molar refractivity (Wildman–Crippen MR) is 150 cm³/mol. The molecule has 2 aliphatic heterocycles. The van der Waals surface area contributed by atoms with Crippen LogP contribution in [0, 0.1) is 0 Å². The number of nitrogens with zero attached hydrogens (tertiary/aromatic N) is 3. The Balaban J connectivity index is 1.36. The molecular weight excluding hydrogens is 524 g/mol. The van der Waals surface area contributed by atoms with Crippen molar-refractivity contribution < 1.29 is 19.1 Å². The van der Waals surface area contributed by atoms with Gasteiger partial charge < -0.3 is 14.8 Å². The fourth-order valence-electron chi connectivity index (χ4n) is 4.27. The molecule has 0 fully saturated rings.